The summed E-state index contributed by atoms with van der Waals surface area (Å²) in [6.07, 6.45) is 0.707. The number of rotatable bonds is 6. The molecule has 0 aliphatic heterocycles. The van der Waals surface area contributed by atoms with E-state index < -0.39 is 16.0 Å². The van der Waals surface area contributed by atoms with E-state index in [1.807, 2.05) is 6.92 Å². The second-order valence-corrected chi connectivity index (χ2v) is 8.54. The van der Waals surface area contributed by atoms with Crippen LogP contribution >= 0.6 is 15.9 Å². The maximum atomic E-state index is 12.6. The van der Waals surface area contributed by atoms with Gasteiger partial charge in [0.2, 0.25) is 0 Å². The van der Waals surface area contributed by atoms with E-state index in [1.165, 1.54) is 12.1 Å². The first-order valence-corrected chi connectivity index (χ1v) is 10.6. The van der Waals surface area contributed by atoms with E-state index in [4.69, 9.17) is 9.15 Å². The van der Waals surface area contributed by atoms with E-state index in [9.17, 15) is 13.2 Å². The first-order chi connectivity index (χ1) is 12.8. The number of halogens is 1. The number of sulfonamides is 1. The molecule has 3 aromatic rings. The highest BCUT2D eigenvalue weighted by molar-refractivity contribution is 9.10. The van der Waals surface area contributed by atoms with Gasteiger partial charge in [-0.05, 0) is 55.8 Å². The number of nitrogens with one attached hydrogen (secondary N) is 1. The monoisotopic (exact) mass is 451 g/mol. The summed E-state index contributed by atoms with van der Waals surface area (Å²) in [4.78, 5) is 12.5. The Balaban J connectivity index is 1.96. The van der Waals surface area contributed by atoms with Crippen molar-refractivity contribution in [1.29, 1.82) is 0 Å². The maximum Gasteiger partial charge on any atom is 0.342 e. The molecule has 0 fully saturated rings. The SMILES string of the molecule is CCCOC(=O)c1c(C)oc2ccc(NS(=O)(=O)c3ccc(Br)cc3)cc12. The van der Waals surface area contributed by atoms with E-state index in [0.29, 0.717) is 41.0 Å². The molecule has 8 heteroatoms. The topological polar surface area (TPSA) is 85.6 Å². The molecule has 2 aromatic carbocycles. The van der Waals surface area contributed by atoms with Crippen molar-refractivity contribution in [2.45, 2.75) is 25.2 Å². The number of esters is 1. The average molecular weight is 452 g/mol. The third kappa shape index (κ3) is 4.17. The van der Waals surface area contributed by atoms with Crippen LogP contribution in [0.1, 0.15) is 29.5 Å². The van der Waals surface area contributed by atoms with Gasteiger partial charge < -0.3 is 9.15 Å². The molecular weight excluding hydrogens is 434 g/mol. The highest BCUT2D eigenvalue weighted by atomic mass is 79.9. The quantitative estimate of drug-likeness (QED) is 0.540. The number of anilines is 1. The van der Waals surface area contributed by atoms with Crippen molar-refractivity contribution in [3.63, 3.8) is 0 Å². The van der Waals surface area contributed by atoms with Gasteiger partial charge in [-0.1, -0.05) is 22.9 Å². The van der Waals surface area contributed by atoms with E-state index in [1.54, 1.807) is 37.3 Å². The summed E-state index contributed by atoms with van der Waals surface area (Å²) in [5.41, 5.74) is 1.13. The number of hydrogen-bond donors (Lipinski definition) is 1. The molecule has 6 nitrogen and oxygen atoms in total. The van der Waals surface area contributed by atoms with Crippen LogP contribution in [0.5, 0.6) is 0 Å². The zero-order valence-corrected chi connectivity index (χ0v) is 17.2. The lowest BCUT2D eigenvalue weighted by Gasteiger charge is -2.08. The van der Waals surface area contributed by atoms with E-state index >= 15 is 0 Å². The minimum Gasteiger partial charge on any atom is -0.462 e. The van der Waals surface area contributed by atoms with Gasteiger partial charge in [-0.25, -0.2) is 13.2 Å². The minimum absolute atomic E-state index is 0.136. The van der Waals surface area contributed by atoms with Gasteiger partial charge >= 0.3 is 5.97 Å². The fraction of sp³-hybridized carbons (Fsp3) is 0.211. The molecule has 0 radical (unpaired) electrons. The third-order valence-corrected chi connectivity index (χ3v) is 5.81. The second kappa shape index (κ2) is 7.74. The van der Waals surface area contributed by atoms with Crippen LogP contribution in [0.2, 0.25) is 0 Å². The Morgan fingerprint density at radius 2 is 1.89 bits per heavy atom. The highest BCUT2D eigenvalue weighted by Crippen LogP contribution is 2.30. The molecular formula is C19H18BrNO5S. The molecule has 0 atom stereocenters. The van der Waals surface area contributed by atoms with Crippen molar-refractivity contribution in [3.8, 4) is 0 Å². The molecule has 0 aliphatic rings. The Morgan fingerprint density at radius 1 is 1.19 bits per heavy atom. The van der Waals surface area contributed by atoms with Crippen LogP contribution in [0, 0.1) is 6.92 Å². The Morgan fingerprint density at radius 3 is 2.56 bits per heavy atom. The summed E-state index contributed by atoms with van der Waals surface area (Å²) >= 11 is 3.28. The Kier molecular flexibility index (Phi) is 5.57. The summed E-state index contributed by atoms with van der Waals surface area (Å²) in [6.45, 7) is 3.89. The number of carbonyl (C=O) groups excluding carboxylic acids is 1. The number of furan rings is 1. The fourth-order valence-electron chi connectivity index (χ4n) is 2.63. The minimum atomic E-state index is -3.76. The van der Waals surface area contributed by atoms with Crippen molar-refractivity contribution in [3.05, 3.63) is 58.3 Å². The van der Waals surface area contributed by atoms with Crippen molar-refractivity contribution >= 4 is 48.6 Å². The largest absolute Gasteiger partial charge is 0.462 e. The van der Waals surface area contributed by atoms with Crippen LogP contribution < -0.4 is 4.72 Å². The zero-order chi connectivity index (χ0) is 19.6. The van der Waals surface area contributed by atoms with Gasteiger partial charge in [-0.15, -0.1) is 0 Å². The normalized spacial score (nSPS) is 11.5. The van der Waals surface area contributed by atoms with Crippen LogP contribution in [0.4, 0.5) is 5.69 Å². The van der Waals surface area contributed by atoms with Crippen LogP contribution in [0.25, 0.3) is 11.0 Å². The van der Waals surface area contributed by atoms with Crippen molar-refractivity contribution in [1.82, 2.24) is 0 Å². The van der Waals surface area contributed by atoms with Crippen molar-refractivity contribution < 1.29 is 22.4 Å². The smallest absolute Gasteiger partial charge is 0.342 e. The molecule has 27 heavy (non-hydrogen) atoms. The molecule has 0 amide bonds. The van der Waals surface area contributed by atoms with Gasteiger partial charge in [-0.2, -0.15) is 0 Å². The van der Waals surface area contributed by atoms with Gasteiger partial charge in [0.25, 0.3) is 10.0 Å². The molecule has 142 valence electrons. The van der Waals surface area contributed by atoms with Crippen LogP contribution in [0.15, 0.2) is 56.2 Å². The third-order valence-electron chi connectivity index (χ3n) is 3.88. The lowest BCUT2D eigenvalue weighted by Crippen LogP contribution is -2.12. The van der Waals surface area contributed by atoms with Crippen molar-refractivity contribution in [2.75, 3.05) is 11.3 Å². The molecule has 0 unspecified atom stereocenters. The molecule has 1 heterocycles. The lowest BCUT2D eigenvalue weighted by molar-refractivity contribution is 0.0505. The van der Waals surface area contributed by atoms with Crippen molar-refractivity contribution in [2.24, 2.45) is 0 Å². The lowest BCUT2D eigenvalue weighted by atomic mass is 10.1. The number of aryl methyl sites for hydroxylation is 1. The Hall–Kier alpha value is -2.32. The van der Waals surface area contributed by atoms with Gasteiger partial charge in [0, 0.05) is 15.5 Å². The van der Waals surface area contributed by atoms with Gasteiger partial charge in [0.1, 0.15) is 16.9 Å². The molecule has 0 saturated heterocycles. The first kappa shape index (κ1) is 19.4. The van der Waals surface area contributed by atoms with Gasteiger partial charge in [0.15, 0.2) is 0 Å². The summed E-state index contributed by atoms with van der Waals surface area (Å²) in [7, 11) is -3.76. The molecule has 1 N–H and O–H groups in total. The number of hydrogen-bond acceptors (Lipinski definition) is 5. The summed E-state index contributed by atoms with van der Waals surface area (Å²) < 4.78 is 39.3. The number of fused-ring (bicyclic) bond motifs is 1. The molecule has 0 bridgehead atoms. The Bertz CT molecular complexity index is 1090. The van der Waals surface area contributed by atoms with Crippen LogP contribution in [-0.2, 0) is 14.8 Å². The zero-order valence-electron chi connectivity index (χ0n) is 14.8. The second-order valence-electron chi connectivity index (χ2n) is 5.94. The number of benzene rings is 2. The number of carbonyl (C=O) groups is 1. The molecule has 0 aliphatic carbocycles. The number of ether oxygens (including phenoxy) is 1. The van der Waals surface area contributed by atoms with Crippen LogP contribution in [0.3, 0.4) is 0 Å². The fourth-order valence-corrected chi connectivity index (χ4v) is 3.95. The molecule has 3 rings (SSSR count). The standard InChI is InChI=1S/C19H18BrNO5S/c1-3-10-25-19(22)18-12(2)26-17-9-6-14(11-16(17)18)21-27(23,24)15-7-4-13(20)5-8-15/h4-9,11,21H,3,10H2,1-2H3. The molecule has 0 saturated carbocycles. The summed E-state index contributed by atoms with van der Waals surface area (Å²) in [5, 5.41) is 0.504. The molecule has 0 spiro atoms. The van der Waals surface area contributed by atoms with Gasteiger partial charge in [-0.3, -0.25) is 4.72 Å². The first-order valence-electron chi connectivity index (χ1n) is 8.30. The van der Waals surface area contributed by atoms with E-state index in [2.05, 4.69) is 20.7 Å². The van der Waals surface area contributed by atoms with E-state index in [-0.39, 0.29) is 4.90 Å². The predicted octanol–water partition coefficient (Wildman–Crippen LogP) is 4.87. The molecule has 1 aromatic heterocycles. The highest BCUT2D eigenvalue weighted by Gasteiger charge is 2.21. The average Bonchev–Trinajstić information content (AvgIpc) is 2.95. The van der Waals surface area contributed by atoms with Crippen LogP contribution in [-0.4, -0.2) is 21.0 Å². The van der Waals surface area contributed by atoms with Gasteiger partial charge in [0.05, 0.1) is 11.5 Å². The Labute approximate surface area is 165 Å². The summed E-state index contributed by atoms with van der Waals surface area (Å²) in [6, 6.07) is 11.1. The van der Waals surface area contributed by atoms with E-state index in [0.717, 1.165) is 4.47 Å². The predicted molar refractivity (Wildman–Crippen MR) is 106 cm³/mol. The maximum absolute atomic E-state index is 12.6. The summed E-state index contributed by atoms with van der Waals surface area (Å²) in [5.74, 6) is -0.0555.